The SMILES string of the molecule is c1c2cc3cc1CSCc1cc(cc(c1)N=Nc1cc4cc(c1)CSCc1cc(cc(c1)N=N3)CSC4)CSC2. The fourth-order valence-corrected chi connectivity index (χ4v) is 8.87. The molecule has 0 aliphatic carbocycles. The molecule has 0 atom stereocenters. The molecule has 0 aromatic heterocycles. The van der Waals surface area contributed by atoms with E-state index in [2.05, 4.69) is 72.8 Å². The molecule has 0 amide bonds. The van der Waals surface area contributed by atoms with Crippen molar-refractivity contribution in [3.63, 3.8) is 0 Å². The fourth-order valence-electron chi connectivity index (χ4n) is 5.25. The van der Waals surface area contributed by atoms with Gasteiger partial charge >= 0.3 is 0 Å². The van der Waals surface area contributed by atoms with Gasteiger partial charge in [0.15, 0.2) is 0 Å². The molecule has 0 spiro atoms. The molecular formula is C32H28N4S4. The van der Waals surface area contributed by atoms with Crippen LogP contribution in [0.15, 0.2) is 93.3 Å². The predicted molar refractivity (Wildman–Crippen MR) is 174 cm³/mol. The smallest absolute Gasteiger partial charge is 0.0863 e. The van der Waals surface area contributed by atoms with Crippen LogP contribution in [-0.4, -0.2) is 0 Å². The van der Waals surface area contributed by atoms with Gasteiger partial charge in [-0.15, -0.1) is 0 Å². The molecule has 4 aromatic rings. The van der Waals surface area contributed by atoms with E-state index in [1.165, 1.54) is 44.5 Å². The number of hydrogen-bond acceptors (Lipinski definition) is 8. The largest absolute Gasteiger partial charge is 0.152 e. The molecule has 6 aliphatic rings. The summed E-state index contributed by atoms with van der Waals surface area (Å²) in [5.74, 6) is 7.49. The lowest BCUT2D eigenvalue weighted by molar-refractivity contribution is 1.18. The van der Waals surface area contributed by atoms with Crippen molar-refractivity contribution in [2.24, 2.45) is 20.5 Å². The van der Waals surface area contributed by atoms with E-state index in [-0.39, 0.29) is 0 Å². The zero-order valence-corrected chi connectivity index (χ0v) is 25.3. The van der Waals surface area contributed by atoms with E-state index in [0.717, 1.165) is 68.8 Å². The van der Waals surface area contributed by atoms with Crippen LogP contribution in [0.2, 0.25) is 0 Å². The maximum absolute atomic E-state index is 4.76. The average Bonchev–Trinajstić information content (AvgIpc) is 2.94. The number of rotatable bonds is 0. The van der Waals surface area contributed by atoms with Crippen LogP contribution in [0.5, 0.6) is 0 Å². The van der Waals surface area contributed by atoms with Crippen LogP contribution >= 0.6 is 47.0 Å². The number of benzene rings is 4. The predicted octanol–water partition coefficient (Wildman–Crippen LogP) is 11.2. The van der Waals surface area contributed by atoms with E-state index in [0.29, 0.717) is 0 Å². The van der Waals surface area contributed by atoms with Gasteiger partial charge in [0, 0.05) is 46.0 Å². The maximum Gasteiger partial charge on any atom is 0.0863 e. The molecule has 0 unspecified atom stereocenters. The Hall–Kier alpha value is -2.52. The average molecular weight is 597 g/mol. The molecule has 0 fully saturated rings. The van der Waals surface area contributed by atoms with Crippen LogP contribution in [0.4, 0.5) is 22.7 Å². The molecule has 6 heterocycles. The maximum atomic E-state index is 4.76. The summed E-state index contributed by atoms with van der Waals surface area (Å²) in [5, 5.41) is 19.0. The van der Waals surface area contributed by atoms with Crippen molar-refractivity contribution in [3.8, 4) is 0 Å². The Balaban J connectivity index is 1.35. The summed E-state index contributed by atoms with van der Waals surface area (Å²) in [6.07, 6.45) is 0. The summed E-state index contributed by atoms with van der Waals surface area (Å²) in [5.41, 5.74) is 14.2. The first-order valence-corrected chi connectivity index (χ1v) is 18.0. The van der Waals surface area contributed by atoms with E-state index < -0.39 is 0 Å². The third kappa shape index (κ3) is 6.68. The first-order valence-electron chi connectivity index (χ1n) is 13.4. The first-order chi connectivity index (χ1) is 19.7. The van der Waals surface area contributed by atoms with Crippen molar-refractivity contribution in [3.05, 3.63) is 117 Å². The normalized spacial score (nSPS) is 16.6. The summed E-state index contributed by atoms with van der Waals surface area (Å²) in [7, 11) is 0. The molecule has 200 valence electrons. The Morgan fingerprint density at radius 1 is 0.275 bits per heavy atom. The highest BCUT2D eigenvalue weighted by atomic mass is 32.2. The first kappa shape index (κ1) is 26.4. The van der Waals surface area contributed by atoms with E-state index in [9.17, 15) is 0 Å². The summed E-state index contributed by atoms with van der Waals surface area (Å²) < 4.78 is 0. The molecule has 8 heteroatoms. The highest BCUT2D eigenvalue weighted by Crippen LogP contribution is 2.34. The van der Waals surface area contributed by atoms with Crippen LogP contribution in [0.1, 0.15) is 44.5 Å². The van der Waals surface area contributed by atoms with E-state index in [4.69, 9.17) is 20.5 Å². The molecule has 40 heavy (non-hydrogen) atoms. The van der Waals surface area contributed by atoms with Crippen molar-refractivity contribution in [2.45, 2.75) is 46.0 Å². The Morgan fingerprint density at radius 2 is 0.450 bits per heavy atom. The third-order valence-electron chi connectivity index (χ3n) is 6.86. The molecule has 6 aliphatic heterocycles. The number of nitrogens with zero attached hydrogens (tertiary/aromatic N) is 4. The summed E-state index contributed by atoms with van der Waals surface area (Å²) in [6.45, 7) is 0. The van der Waals surface area contributed by atoms with Crippen LogP contribution in [-0.2, 0) is 46.0 Å². The van der Waals surface area contributed by atoms with Crippen molar-refractivity contribution in [1.29, 1.82) is 0 Å². The summed E-state index contributed by atoms with van der Waals surface area (Å²) in [6, 6.07) is 26.9. The van der Waals surface area contributed by atoms with Gasteiger partial charge in [0.2, 0.25) is 0 Å². The number of thioether (sulfide) groups is 4. The number of hydrogen-bond donors (Lipinski definition) is 0. The van der Waals surface area contributed by atoms with Gasteiger partial charge in [0.1, 0.15) is 0 Å². The van der Waals surface area contributed by atoms with E-state index >= 15 is 0 Å². The monoisotopic (exact) mass is 596 g/mol. The minimum absolute atomic E-state index is 0.936. The highest BCUT2D eigenvalue weighted by molar-refractivity contribution is 7.98. The zero-order chi connectivity index (χ0) is 26.7. The van der Waals surface area contributed by atoms with E-state index in [1.54, 1.807) is 0 Å². The van der Waals surface area contributed by atoms with Crippen molar-refractivity contribution < 1.29 is 0 Å². The molecule has 0 radical (unpaired) electrons. The second-order valence-electron chi connectivity index (χ2n) is 10.4. The topological polar surface area (TPSA) is 49.4 Å². The van der Waals surface area contributed by atoms with Crippen LogP contribution in [0, 0.1) is 0 Å². The van der Waals surface area contributed by atoms with Gasteiger partial charge in [0.25, 0.3) is 0 Å². The van der Waals surface area contributed by atoms with Gasteiger partial charge in [0.05, 0.1) is 22.7 Å². The van der Waals surface area contributed by atoms with Crippen LogP contribution in [0.25, 0.3) is 0 Å². The quantitative estimate of drug-likeness (QED) is 0.203. The minimum Gasteiger partial charge on any atom is -0.152 e. The van der Waals surface area contributed by atoms with Crippen molar-refractivity contribution in [2.75, 3.05) is 0 Å². The van der Waals surface area contributed by atoms with Gasteiger partial charge in [-0.25, -0.2) is 0 Å². The van der Waals surface area contributed by atoms with Gasteiger partial charge in [-0.05, 0) is 93.0 Å². The van der Waals surface area contributed by atoms with Crippen LogP contribution in [0.3, 0.4) is 0 Å². The lowest BCUT2D eigenvalue weighted by Gasteiger charge is -2.13. The molecule has 4 nitrogen and oxygen atoms in total. The van der Waals surface area contributed by atoms with Gasteiger partial charge in [-0.1, -0.05) is 24.3 Å². The van der Waals surface area contributed by atoms with Gasteiger partial charge < -0.3 is 0 Å². The van der Waals surface area contributed by atoms with Crippen molar-refractivity contribution in [1.82, 2.24) is 0 Å². The Kier molecular flexibility index (Phi) is 8.01. The molecular weight excluding hydrogens is 569 g/mol. The van der Waals surface area contributed by atoms with Gasteiger partial charge in [-0.2, -0.15) is 67.5 Å². The fraction of sp³-hybridized carbons (Fsp3) is 0.250. The second kappa shape index (κ2) is 12.1. The number of azo groups is 2. The zero-order valence-electron chi connectivity index (χ0n) is 22.0. The summed E-state index contributed by atoms with van der Waals surface area (Å²) >= 11 is 7.72. The Bertz CT molecular complexity index is 1300. The molecule has 0 N–H and O–H groups in total. The Morgan fingerprint density at radius 3 is 0.625 bits per heavy atom. The van der Waals surface area contributed by atoms with Crippen LogP contribution < -0.4 is 0 Å². The second-order valence-corrected chi connectivity index (χ2v) is 14.3. The third-order valence-corrected chi connectivity index (χ3v) is 11.2. The highest BCUT2D eigenvalue weighted by Gasteiger charge is 2.11. The minimum atomic E-state index is 0.936. The molecule has 0 saturated heterocycles. The lowest BCUT2D eigenvalue weighted by atomic mass is 10.1. The van der Waals surface area contributed by atoms with Crippen molar-refractivity contribution >= 4 is 69.8 Å². The molecule has 12 bridgehead atoms. The Labute approximate surface area is 252 Å². The molecule has 4 aromatic carbocycles. The standard InChI is InChI=1S/C32H28N4S4/c1-21-5-29-6-22(1)14-38-16-24-2-23(15-37-13-21)7-31(8-24)35-36-32-11-27-4-28(12-32)20-40-18-26-3-25(17-39-19-27)9-30(10-26)34-33-29/h1-12H,13-20H2. The van der Waals surface area contributed by atoms with E-state index in [1.807, 2.05) is 47.0 Å². The molecule has 10 rings (SSSR count). The lowest BCUT2D eigenvalue weighted by Crippen LogP contribution is -1.93. The molecule has 0 saturated carbocycles. The summed E-state index contributed by atoms with van der Waals surface area (Å²) in [4.78, 5) is 0. The van der Waals surface area contributed by atoms with Gasteiger partial charge in [-0.3, -0.25) is 0 Å².